The van der Waals surface area contributed by atoms with Gasteiger partial charge in [0.1, 0.15) is 0 Å². The highest BCUT2D eigenvalue weighted by Crippen LogP contribution is 2.14. The summed E-state index contributed by atoms with van der Waals surface area (Å²) in [6.07, 6.45) is 2.10. The highest BCUT2D eigenvalue weighted by atomic mass is 16.5. The van der Waals surface area contributed by atoms with E-state index in [2.05, 4.69) is 15.3 Å². The van der Waals surface area contributed by atoms with Gasteiger partial charge in [-0.15, -0.1) is 0 Å². The summed E-state index contributed by atoms with van der Waals surface area (Å²) in [6, 6.07) is 11.3. The zero-order valence-corrected chi connectivity index (χ0v) is 14.8. The number of aromatic nitrogens is 2. The van der Waals surface area contributed by atoms with Gasteiger partial charge in [0.25, 0.3) is 5.91 Å². The van der Waals surface area contributed by atoms with Crippen molar-refractivity contribution < 1.29 is 19.1 Å². The van der Waals surface area contributed by atoms with Crippen molar-refractivity contribution in [2.75, 3.05) is 5.32 Å². The normalized spacial score (nSPS) is 11.6. The average Bonchev–Trinajstić information content (AvgIpc) is 2.67. The Bertz CT molecular complexity index is 1020. The molecule has 1 aromatic heterocycles. The largest absolute Gasteiger partial charge is 0.449 e. The number of ketones is 1. The lowest BCUT2D eigenvalue weighted by atomic mass is 10.1. The summed E-state index contributed by atoms with van der Waals surface area (Å²) in [6.45, 7) is 2.95. The Morgan fingerprint density at radius 3 is 2.22 bits per heavy atom. The van der Waals surface area contributed by atoms with Gasteiger partial charge in [0.05, 0.1) is 16.6 Å². The Kier molecular flexibility index (Phi) is 5.21. The third-order valence-electron chi connectivity index (χ3n) is 3.92. The molecule has 0 fully saturated rings. The number of esters is 1. The first-order valence-corrected chi connectivity index (χ1v) is 8.27. The molecule has 0 aliphatic rings. The minimum atomic E-state index is -0.998. The lowest BCUT2D eigenvalue weighted by molar-refractivity contribution is -0.123. The van der Waals surface area contributed by atoms with Gasteiger partial charge in [-0.1, -0.05) is 0 Å². The molecule has 7 nitrogen and oxygen atoms in total. The number of Topliss-reactive ketones (excluding diaryl/α,β-unsaturated/α-hetero) is 1. The number of benzene rings is 2. The van der Waals surface area contributed by atoms with Crippen molar-refractivity contribution in [3.05, 3.63) is 66.0 Å². The molecule has 0 bridgehead atoms. The number of hydrogen-bond acceptors (Lipinski definition) is 6. The van der Waals surface area contributed by atoms with Crippen molar-refractivity contribution in [1.29, 1.82) is 0 Å². The van der Waals surface area contributed by atoms with Gasteiger partial charge in [-0.2, -0.15) is 0 Å². The lowest BCUT2D eigenvalue weighted by Crippen LogP contribution is -2.30. The number of carbonyl (C=O) groups is 3. The molecule has 0 spiro atoms. The summed E-state index contributed by atoms with van der Waals surface area (Å²) in [5.74, 6) is -1.16. The maximum Gasteiger partial charge on any atom is 0.338 e. The molecular formula is C20H17N3O4. The fourth-order valence-corrected chi connectivity index (χ4v) is 2.40. The molecule has 2 aromatic carbocycles. The van der Waals surface area contributed by atoms with Gasteiger partial charge >= 0.3 is 5.97 Å². The molecule has 136 valence electrons. The molecule has 0 unspecified atom stereocenters. The Balaban J connectivity index is 1.64. The predicted octanol–water partition coefficient (Wildman–Crippen LogP) is 3.02. The van der Waals surface area contributed by atoms with Gasteiger partial charge in [-0.3, -0.25) is 19.6 Å². The third kappa shape index (κ3) is 4.33. The van der Waals surface area contributed by atoms with Crippen LogP contribution in [0.25, 0.3) is 11.0 Å². The van der Waals surface area contributed by atoms with Gasteiger partial charge in [0, 0.05) is 23.6 Å². The number of amides is 1. The van der Waals surface area contributed by atoms with Crippen LogP contribution in [-0.4, -0.2) is 33.7 Å². The van der Waals surface area contributed by atoms with Crippen LogP contribution < -0.4 is 5.32 Å². The van der Waals surface area contributed by atoms with Crippen LogP contribution in [0.2, 0.25) is 0 Å². The number of carbonyl (C=O) groups excluding carboxylic acids is 3. The van der Waals surface area contributed by atoms with Crippen LogP contribution in [-0.2, 0) is 9.53 Å². The van der Waals surface area contributed by atoms with E-state index in [0.29, 0.717) is 22.3 Å². The van der Waals surface area contributed by atoms with Crippen molar-refractivity contribution >= 4 is 34.4 Å². The highest BCUT2D eigenvalue weighted by Gasteiger charge is 2.19. The van der Waals surface area contributed by atoms with Crippen molar-refractivity contribution in [1.82, 2.24) is 9.97 Å². The number of nitrogens with zero attached hydrogens (tertiary/aromatic N) is 2. The molecule has 1 N–H and O–H groups in total. The molecule has 3 rings (SSSR count). The first-order chi connectivity index (χ1) is 12.9. The van der Waals surface area contributed by atoms with Gasteiger partial charge in [-0.05, 0) is 56.3 Å². The molecule has 1 atom stereocenters. The first kappa shape index (κ1) is 18.2. The predicted molar refractivity (Wildman–Crippen MR) is 99.5 cm³/mol. The van der Waals surface area contributed by atoms with E-state index >= 15 is 0 Å². The average molecular weight is 363 g/mol. The summed E-state index contributed by atoms with van der Waals surface area (Å²) in [4.78, 5) is 44.1. The fourth-order valence-electron chi connectivity index (χ4n) is 2.40. The van der Waals surface area contributed by atoms with Crippen molar-refractivity contribution in [2.45, 2.75) is 20.0 Å². The van der Waals surface area contributed by atoms with Crippen LogP contribution in [0.1, 0.15) is 34.6 Å². The molecule has 0 aliphatic carbocycles. The van der Waals surface area contributed by atoms with Gasteiger partial charge in [0.15, 0.2) is 11.9 Å². The summed E-state index contributed by atoms with van der Waals surface area (Å²) >= 11 is 0. The molecule has 3 aromatic rings. The molecule has 7 heteroatoms. The van der Waals surface area contributed by atoms with Crippen LogP contribution in [0.4, 0.5) is 5.69 Å². The fraction of sp³-hybridized carbons (Fsp3) is 0.150. The minimum absolute atomic E-state index is 0.0600. The number of anilines is 1. The molecule has 27 heavy (non-hydrogen) atoms. The van der Waals surface area contributed by atoms with E-state index in [1.807, 2.05) is 0 Å². The zero-order chi connectivity index (χ0) is 19.4. The molecule has 0 aliphatic heterocycles. The summed E-state index contributed by atoms with van der Waals surface area (Å²) in [5.41, 5.74) is 2.57. The van der Waals surface area contributed by atoms with Gasteiger partial charge < -0.3 is 10.1 Å². The van der Waals surface area contributed by atoms with E-state index in [4.69, 9.17) is 4.74 Å². The summed E-state index contributed by atoms with van der Waals surface area (Å²) in [5, 5.41) is 2.64. The summed E-state index contributed by atoms with van der Waals surface area (Å²) < 4.78 is 5.23. The third-order valence-corrected chi connectivity index (χ3v) is 3.92. The molecule has 0 radical (unpaired) electrons. The van der Waals surface area contributed by atoms with Crippen LogP contribution in [0, 0.1) is 0 Å². The van der Waals surface area contributed by atoms with E-state index < -0.39 is 18.0 Å². The van der Waals surface area contributed by atoms with E-state index in [9.17, 15) is 14.4 Å². The van der Waals surface area contributed by atoms with E-state index in [0.717, 1.165) is 0 Å². The molecule has 0 saturated carbocycles. The molecular weight excluding hydrogens is 346 g/mol. The second kappa shape index (κ2) is 7.74. The van der Waals surface area contributed by atoms with Crippen molar-refractivity contribution in [3.8, 4) is 0 Å². The van der Waals surface area contributed by atoms with Crippen LogP contribution in [0.5, 0.6) is 0 Å². The topological polar surface area (TPSA) is 98.2 Å². The van der Waals surface area contributed by atoms with Crippen molar-refractivity contribution in [3.63, 3.8) is 0 Å². The SMILES string of the molecule is CC(=O)c1ccc(NC(=O)[C@H](C)OC(=O)c2ccc3nccnc3c2)cc1. The molecule has 1 heterocycles. The Hall–Kier alpha value is -3.61. The van der Waals surface area contributed by atoms with Crippen molar-refractivity contribution in [2.24, 2.45) is 0 Å². The zero-order valence-electron chi connectivity index (χ0n) is 14.8. The minimum Gasteiger partial charge on any atom is -0.449 e. The Morgan fingerprint density at radius 1 is 0.926 bits per heavy atom. The first-order valence-electron chi connectivity index (χ1n) is 8.27. The van der Waals surface area contributed by atoms with E-state index in [-0.39, 0.29) is 11.3 Å². The van der Waals surface area contributed by atoms with Gasteiger partial charge in [0.2, 0.25) is 0 Å². The Morgan fingerprint density at radius 2 is 1.56 bits per heavy atom. The smallest absolute Gasteiger partial charge is 0.338 e. The summed E-state index contributed by atoms with van der Waals surface area (Å²) in [7, 11) is 0. The molecule has 1 amide bonds. The standard InChI is InChI=1S/C20H17N3O4/c1-12(24)14-3-6-16(7-4-14)23-19(25)13(2)27-20(26)15-5-8-17-18(11-15)22-10-9-21-17/h3-11,13H,1-2H3,(H,23,25)/t13-/m0/s1. The van der Waals surface area contributed by atoms with E-state index in [1.54, 1.807) is 48.7 Å². The molecule has 0 saturated heterocycles. The number of hydrogen-bond donors (Lipinski definition) is 1. The van der Waals surface area contributed by atoms with Gasteiger partial charge in [-0.25, -0.2) is 4.79 Å². The quantitative estimate of drug-likeness (QED) is 0.553. The van der Waals surface area contributed by atoms with Crippen LogP contribution >= 0.6 is 0 Å². The van der Waals surface area contributed by atoms with E-state index in [1.165, 1.54) is 20.0 Å². The van der Waals surface area contributed by atoms with Crippen LogP contribution in [0.15, 0.2) is 54.9 Å². The number of ether oxygens (including phenoxy) is 1. The number of rotatable bonds is 5. The van der Waals surface area contributed by atoms with Crippen LogP contribution in [0.3, 0.4) is 0 Å². The second-order valence-corrected chi connectivity index (χ2v) is 5.93. The Labute approximate surface area is 155 Å². The lowest BCUT2D eigenvalue weighted by Gasteiger charge is -2.14. The maximum atomic E-state index is 12.3. The number of nitrogens with one attached hydrogen (secondary N) is 1. The maximum absolute atomic E-state index is 12.3. The highest BCUT2D eigenvalue weighted by molar-refractivity contribution is 5.99. The number of fused-ring (bicyclic) bond motifs is 1. The second-order valence-electron chi connectivity index (χ2n) is 5.93. The monoisotopic (exact) mass is 363 g/mol.